The van der Waals surface area contributed by atoms with Gasteiger partial charge in [0, 0.05) is 24.3 Å². The van der Waals surface area contributed by atoms with Crippen LogP contribution < -0.4 is 16.0 Å². The Labute approximate surface area is 136 Å². The number of carbonyl (C=O) groups is 2. The van der Waals surface area contributed by atoms with Gasteiger partial charge in [-0.15, -0.1) is 0 Å². The smallest absolute Gasteiger partial charge is 0.251 e. The number of hydrogen-bond donors (Lipinski definition) is 3. The molecule has 0 aliphatic carbocycles. The number of rotatable bonds is 7. The second-order valence-corrected chi connectivity index (χ2v) is 5.05. The topological polar surface area (TPSA) is 70.2 Å². The first kappa shape index (κ1) is 16.5. The first-order valence-corrected chi connectivity index (χ1v) is 7.62. The predicted octanol–water partition coefficient (Wildman–Crippen LogP) is 2.16. The zero-order valence-corrected chi connectivity index (χ0v) is 13.1. The average molecular weight is 311 g/mol. The van der Waals surface area contributed by atoms with Crippen molar-refractivity contribution >= 4 is 17.5 Å². The molecule has 0 aliphatic rings. The summed E-state index contributed by atoms with van der Waals surface area (Å²) in [6.45, 7) is 3.17. The zero-order valence-electron chi connectivity index (χ0n) is 13.1. The van der Waals surface area contributed by atoms with Gasteiger partial charge in [-0.2, -0.15) is 0 Å². The van der Waals surface area contributed by atoms with Gasteiger partial charge in [-0.05, 0) is 36.8 Å². The van der Waals surface area contributed by atoms with Gasteiger partial charge in [0.05, 0.1) is 6.54 Å². The summed E-state index contributed by atoms with van der Waals surface area (Å²) in [5, 5.41) is 8.63. The molecule has 2 aromatic carbocycles. The summed E-state index contributed by atoms with van der Waals surface area (Å²) >= 11 is 0. The molecule has 2 rings (SSSR count). The number of nitrogens with one attached hydrogen (secondary N) is 3. The molecule has 0 fully saturated rings. The van der Waals surface area contributed by atoms with Crippen molar-refractivity contribution in [1.29, 1.82) is 0 Å². The molecule has 3 N–H and O–H groups in total. The molecule has 120 valence electrons. The minimum atomic E-state index is -0.0975. The monoisotopic (exact) mass is 311 g/mol. The highest BCUT2D eigenvalue weighted by Crippen LogP contribution is 2.09. The fourth-order valence-corrected chi connectivity index (χ4v) is 2.04. The Morgan fingerprint density at radius 3 is 2.26 bits per heavy atom. The predicted molar refractivity (Wildman–Crippen MR) is 91.2 cm³/mol. The maximum Gasteiger partial charge on any atom is 0.251 e. The molecular weight excluding hydrogens is 290 g/mol. The van der Waals surface area contributed by atoms with Gasteiger partial charge in [-0.3, -0.25) is 9.59 Å². The molecule has 5 nitrogen and oxygen atoms in total. The molecule has 0 saturated carbocycles. The van der Waals surface area contributed by atoms with Crippen LogP contribution in [0.1, 0.15) is 22.8 Å². The van der Waals surface area contributed by atoms with Crippen LogP contribution in [0.2, 0.25) is 0 Å². The van der Waals surface area contributed by atoms with E-state index in [0.717, 1.165) is 11.3 Å². The Hall–Kier alpha value is -2.82. The third kappa shape index (κ3) is 5.47. The second-order valence-electron chi connectivity index (χ2n) is 5.05. The Morgan fingerprint density at radius 1 is 0.913 bits per heavy atom. The first-order chi connectivity index (χ1) is 11.2. The van der Waals surface area contributed by atoms with E-state index < -0.39 is 0 Å². The number of benzene rings is 2. The van der Waals surface area contributed by atoms with E-state index in [-0.39, 0.29) is 18.4 Å². The molecule has 23 heavy (non-hydrogen) atoms. The molecule has 2 amide bonds. The fraction of sp³-hybridized carbons (Fsp3) is 0.222. The molecule has 0 bridgehead atoms. The van der Waals surface area contributed by atoms with E-state index in [1.807, 2.05) is 37.3 Å². The van der Waals surface area contributed by atoms with Crippen LogP contribution in [0.4, 0.5) is 5.69 Å². The molecule has 0 atom stereocenters. The number of anilines is 1. The molecule has 0 spiro atoms. The van der Waals surface area contributed by atoms with Crippen molar-refractivity contribution in [2.24, 2.45) is 0 Å². The lowest BCUT2D eigenvalue weighted by Crippen LogP contribution is -2.29. The van der Waals surface area contributed by atoms with Crippen LogP contribution in [0.3, 0.4) is 0 Å². The van der Waals surface area contributed by atoms with Crippen LogP contribution in [0.5, 0.6) is 0 Å². The van der Waals surface area contributed by atoms with Crippen molar-refractivity contribution in [3.63, 3.8) is 0 Å². The summed E-state index contributed by atoms with van der Waals surface area (Å²) in [5.41, 5.74) is 2.46. The van der Waals surface area contributed by atoms with E-state index in [1.54, 1.807) is 24.3 Å². The zero-order chi connectivity index (χ0) is 16.5. The average Bonchev–Trinajstić information content (AvgIpc) is 2.59. The van der Waals surface area contributed by atoms with E-state index in [0.29, 0.717) is 18.7 Å². The van der Waals surface area contributed by atoms with E-state index in [2.05, 4.69) is 16.0 Å². The minimum absolute atomic E-state index is 0.0818. The minimum Gasteiger partial charge on any atom is -0.376 e. The van der Waals surface area contributed by atoms with Crippen LogP contribution in [0.15, 0.2) is 54.6 Å². The SMILES string of the molecule is CCNC(=O)c1ccc(NCC(=O)NCc2ccccc2)cc1. The van der Waals surface area contributed by atoms with Crippen molar-refractivity contribution in [1.82, 2.24) is 10.6 Å². The Morgan fingerprint density at radius 2 is 1.61 bits per heavy atom. The highest BCUT2D eigenvalue weighted by atomic mass is 16.2. The maximum atomic E-state index is 11.8. The summed E-state index contributed by atoms with van der Waals surface area (Å²) in [6.07, 6.45) is 0. The highest BCUT2D eigenvalue weighted by Gasteiger charge is 2.04. The van der Waals surface area contributed by atoms with Crippen LogP contribution in [0.25, 0.3) is 0 Å². The molecule has 2 aromatic rings. The summed E-state index contributed by atoms with van der Waals surface area (Å²) in [6, 6.07) is 16.8. The van der Waals surface area contributed by atoms with Gasteiger partial charge in [0.1, 0.15) is 0 Å². The van der Waals surface area contributed by atoms with Crippen molar-refractivity contribution < 1.29 is 9.59 Å². The van der Waals surface area contributed by atoms with Gasteiger partial charge in [0.25, 0.3) is 5.91 Å². The van der Waals surface area contributed by atoms with Crippen LogP contribution in [-0.4, -0.2) is 24.9 Å². The van der Waals surface area contributed by atoms with Gasteiger partial charge >= 0.3 is 0 Å². The molecular formula is C18H21N3O2. The largest absolute Gasteiger partial charge is 0.376 e. The van der Waals surface area contributed by atoms with Crippen molar-refractivity contribution in [2.45, 2.75) is 13.5 Å². The molecule has 5 heteroatoms. The van der Waals surface area contributed by atoms with Crippen LogP contribution in [0, 0.1) is 0 Å². The van der Waals surface area contributed by atoms with Crippen molar-refractivity contribution in [3.8, 4) is 0 Å². The third-order valence-electron chi connectivity index (χ3n) is 3.27. The highest BCUT2D eigenvalue weighted by molar-refractivity contribution is 5.94. The van der Waals surface area contributed by atoms with Crippen molar-refractivity contribution in [3.05, 3.63) is 65.7 Å². The van der Waals surface area contributed by atoms with Gasteiger partial charge in [0.2, 0.25) is 5.91 Å². The Kier molecular flexibility index (Phi) is 6.17. The summed E-state index contributed by atoms with van der Waals surface area (Å²) in [7, 11) is 0. The Bertz CT molecular complexity index is 639. The van der Waals surface area contributed by atoms with E-state index in [9.17, 15) is 9.59 Å². The van der Waals surface area contributed by atoms with Crippen LogP contribution >= 0.6 is 0 Å². The summed E-state index contributed by atoms with van der Waals surface area (Å²) < 4.78 is 0. The van der Waals surface area contributed by atoms with Gasteiger partial charge in [-0.25, -0.2) is 0 Å². The van der Waals surface area contributed by atoms with Gasteiger partial charge in [-0.1, -0.05) is 30.3 Å². The number of carbonyl (C=O) groups excluding carboxylic acids is 2. The third-order valence-corrected chi connectivity index (χ3v) is 3.27. The van der Waals surface area contributed by atoms with Crippen molar-refractivity contribution in [2.75, 3.05) is 18.4 Å². The quantitative estimate of drug-likeness (QED) is 0.734. The second kappa shape index (κ2) is 8.58. The summed E-state index contributed by atoms with van der Waals surface area (Å²) in [5.74, 6) is -0.179. The van der Waals surface area contributed by atoms with E-state index in [4.69, 9.17) is 0 Å². The fourth-order valence-electron chi connectivity index (χ4n) is 2.04. The molecule has 0 unspecified atom stereocenters. The lowest BCUT2D eigenvalue weighted by atomic mass is 10.2. The Balaban J connectivity index is 1.77. The van der Waals surface area contributed by atoms with E-state index in [1.165, 1.54) is 0 Å². The molecule has 0 aromatic heterocycles. The van der Waals surface area contributed by atoms with Gasteiger partial charge in [0.15, 0.2) is 0 Å². The lowest BCUT2D eigenvalue weighted by Gasteiger charge is -2.09. The maximum absolute atomic E-state index is 11.8. The van der Waals surface area contributed by atoms with E-state index >= 15 is 0 Å². The number of hydrogen-bond acceptors (Lipinski definition) is 3. The van der Waals surface area contributed by atoms with Gasteiger partial charge < -0.3 is 16.0 Å². The molecule has 0 aliphatic heterocycles. The molecule has 0 saturated heterocycles. The first-order valence-electron chi connectivity index (χ1n) is 7.62. The normalized spacial score (nSPS) is 9.96. The molecule has 0 radical (unpaired) electrons. The lowest BCUT2D eigenvalue weighted by molar-refractivity contribution is -0.119. The van der Waals surface area contributed by atoms with Crippen LogP contribution in [-0.2, 0) is 11.3 Å². The molecule has 0 heterocycles. The number of amides is 2. The summed E-state index contributed by atoms with van der Waals surface area (Å²) in [4.78, 5) is 23.5. The standard InChI is InChI=1S/C18H21N3O2/c1-2-19-18(23)15-8-10-16(11-9-15)20-13-17(22)21-12-14-6-4-3-5-7-14/h3-11,20H,2,12-13H2,1H3,(H,19,23)(H,21,22).